The number of nitrogen functional groups attached to an aromatic ring is 1. The zero-order chi connectivity index (χ0) is 19.5. The Labute approximate surface area is 146 Å². The molecule has 4 N–H and O–H groups in total. The number of nitrogens with two attached hydrogens (primary N) is 1. The Morgan fingerprint density at radius 2 is 2.27 bits per heavy atom. The molecular formula is C15H17F3N4O4. The van der Waals surface area contributed by atoms with Crippen molar-refractivity contribution in [3.05, 3.63) is 22.2 Å². The second-order valence-electron chi connectivity index (χ2n) is 5.55. The van der Waals surface area contributed by atoms with Crippen LogP contribution >= 0.6 is 0 Å². The van der Waals surface area contributed by atoms with Crippen molar-refractivity contribution in [2.24, 2.45) is 0 Å². The number of carbonyl (C=O) groups is 1. The van der Waals surface area contributed by atoms with Crippen LogP contribution in [0, 0.1) is 11.8 Å². The lowest BCUT2D eigenvalue weighted by molar-refractivity contribution is -0.173. The molecule has 3 unspecified atom stereocenters. The number of hydrogen-bond acceptors (Lipinski definition) is 6. The van der Waals surface area contributed by atoms with Crippen LogP contribution in [0.1, 0.15) is 31.6 Å². The maximum Gasteiger partial charge on any atom is 0.471 e. The number of ether oxygens (including phenoxy) is 1. The van der Waals surface area contributed by atoms with Crippen LogP contribution in [0.3, 0.4) is 0 Å². The van der Waals surface area contributed by atoms with Crippen LogP contribution in [-0.4, -0.2) is 45.5 Å². The van der Waals surface area contributed by atoms with E-state index in [0.717, 1.165) is 4.57 Å². The van der Waals surface area contributed by atoms with E-state index < -0.39 is 42.8 Å². The minimum Gasteiger partial charge on any atom is -0.390 e. The minimum atomic E-state index is -4.99. The lowest BCUT2D eigenvalue weighted by atomic mass is 10.1. The number of aromatic nitrogens is 2. The number of hydrogen-bond donors (Lipinski definition) is 3. The highest BCUT2D eigenvalue weighted by atomic mass is 19.4. The summed E-state index contributed by atoms with van der Waals surface area (Å²) in [6.45, 7) is 1.26. The van der Waals surface area contributed by atoms with E-state index in [1.54, 1.807) is 5.32 Å². The van der Waals surface area contributed by atoms with Crippen molar-refractivity contribution in [3.63, 3.8) is 0 Å². The Bertz CT molecular complexity index is 797. The van der Waals surface area contributed by atoms with E-state index in [4.69, 9.17) is 10.5 Å². The van der Waals surface area contributed by atoms with E-state index in [1.807, 2.05) is 6.92 Å². The molecule has 0 aliphatic carbocycles. The number of carbonyl (C=O) groups excluding carboxylic acids is 1. The summed E-state index contributed by atoms with van der Waals surface area (Å²) < 4.78 is 42.9. The molecule has 0 radical (unpaired) electrons. The minimum absolute atomic E-state index is 0.0869. The number of amides is 1. The number of aliphatic hydroxyl groups excluding tert-OH is 1. The largest absolute Gasteiger partial charge is 0.471 e. The van der Waals surface area contributed by atoms with Crippen molar-refractivity contribution in [3.8, 4) is 11.8 Å². The fraction of sp³-hybridized carbons (Fsp3) is 0.533. The monoisotopic (exact) mass is 374 g/mol. The van der Waals surface area contributed by atoms with Gasteiger partial charge in [-0.25, -0.2) is 4.79 Å². The van der Waals surface area contributed by atoms with Crippen molar-refractivity contribution < 1.29 is 27.8 Å². The molecule has 3 atom stereocenters. The molecule has 1 aliphatic heterocycles. The first-order valence-corrected chi connectivity index (χ1v) is 7.69. The topological polar surface area (TPSA) is 119 Å². The van der Waals surface area contributed by atoms with Crippen LogP contribution in [0.15, 0.2) is 11.0 Å². The molecule has 0 spiro atoms. The molecule has 2 heterocycles. The molecule has 1 amide bonds. The zero-order valence-corrected chi connectivity index (χ0v) is 13.7. The fourth-order valence-corrected chi connectivity index (χ4v) is 2.40. The van der Waals surface area contributed by atoms with Crippen LogP contribution in [0.25, 0.3) is 0 Å². The van der Waals surface area contributed by atoms with Crippen LogP contribution < -0.4 is 16.7 Å². The summed E-state index contributed by atoms with van der Waals surface area (Å²) in [5.74, 6) is 2.44. The lowest BCUT2D eigenvalue weighted by Crippen LogP contribution is -2.36. The van der Waals surface area contributed by atoms with Gasteiger partial charge in [0, 0.05) is 12.6 Å². The van der Waals surface area contributed by atoms with Crippen LogP contribution in [0.2, 0.25) is 0 Å². The predicted molar refractivity (Wildman–Crippen MR) is 83.7 cm³/mol. The second kappa shape index (κ2) is 7.76. The van der Waals surface area contributed by atoms with E-state index in [-0.39, 0.29) is 17.8 Å². The van der Waals surface area contributed by atoms with E-state index in [2.05, 4.69) is 16.8 Å². The molecule has 26 heavy (non-hydrogen) atoms. The first-order chi connectivity index (χ1) is 12.1. The molecular weight excluding hydrogens is 357 g/mol. The Morgan fingerprint density at radius 3 is 2.85 bits per heavy atom. The first-order valence-electron chi connectivity index (χ1n) is 7.69. The molecule has 0 saturated carbocycles. The average molecular weight is 374 g/mol. The molecule has 1 aromatic rings. The fourth-order valence-electron chi connectivity index (χ4n) is 2.40. The van der Waals surface area contributed by atoms with Crippen molar-refractivity contribution >= 4 is 11.7 Å². The maximum atomic E-state index is 12.1. The molecule has 1 saturated heterocycles. The molecule has 2 rings (SSSR count). The van der Waals surface area contributed by atoms with E-state index >= 15 is 0 Å². The van der Waals surface area contributed by atoms with Gasteiger partial charge >= 0.3 is 17.8 Å². The van der Waals surface area contributed by atoms with E-state index in [0.29, 0.717) is 6.42 Å². The number of nitrogens with one attached hydrogen (secondary N) is 1. The molecule has 8 nitrogen and oxygen atoms in total. The van der Waals surface area contributed by atoms with Gasteiger partial charge in [0.2, 0.25) is 0 Å². The van der Waals surface area contributed by atoms with Crippen molar-refractivity contribution in [2.45, 2.75) is 44.4 Å². The quantitative estimate of drug-likeness (QED) is 0.637. The molecule has 142 valence electrons. The highest BCUT2D eigenvalue weighted by molar-refractivity contribution is 5.81. The number of anilines is 1. The highest BCUT2D eigenvalue weighted by Crippen LogP contribution is 2.29. The van der Waals surface area contributed by atoms with Gasteiger partial charge in [-0.1, -0.05) is 18.8 Å². The van der Waals surface area contributed by atoms with Gasteiger partial charge in [-0.15, -0.1) is 0 Å². The van der Waals surface area contributed by atoms with Crippen LogP contribution in [0.5, 0.6) is 0 Å². The van der Waals surface area contributed by atoms with Gasteiger partial charge in [0.05, 0.1) is 24.3 Å². The lowest BCUT2D eigenvalue weighted by Gasteiger charge is -2.15. The molecule has 1 fully saturated rings. The van der Waals surface area contributed by atoms with Gasteiger partial charge in [-0.2, -0.15) is 18.2 Å². The standard InChI is InChI=1S/C15H17F3N4O4/c1-2-10-9(23)6-11(26-10)22-7-8(12(19)21-14(22)25)4-3-5-20-13(24)15(16,17)18/h7,9-11,23H,2,5-6H2,1H3,(H,20,24)(H2,19,21,25). The molecule has 1 aromatic heterocycles. The summed E-state index contributed by atoms with van der Waals surface area (Å²) in [6, 6.07) is 0. The van der Waals surface area contributed by atoms with Gasteiger partial charge in [-0.3, -0.25) is 9.36 Å². The molecule has 1 aliphatic rings. The first kappa shape index (κ1) is 19.7. The molecule has 11 heteroatoms. The third kappa shape index (κ3) is 4.53. The predicted octanol–water partition coefficient (Wildman–Crippen LogP) is -0.0861. The summed E-state index contributed by atoms with van der Waals surface area (Å²) in [5, 5.41) is 11.5. The zero-order valence-electron chi connectivity index (χ0n) is 13.7. The normalized spacial score (nSPS) is 22.6. The number of nitrogens with zero attached hydrogens (tertiary/aromatic N) is 2. The summed E-state index contributed by atoms with van der Waals surface area (Å²) in [6.07, 6.45) is -4.90. The highest BCUT2D eigenvalue weighted by Gasteiger charge is 2.38. The number of rotatable bonds is 3. The molecule has 0 aromatic carbocycles. The second-order valence-corrected chi connectivity index (χ2v) is 5.55. The van der Waals surface area contributed by atoms with Crippen LogP contribution in [0.4, 0.5) is 19.0 Å². The Morgan fingerprint density at radius 1 is 1.58 bits per heavy atom. The van der Waals surface area contributed by atoms with Crippen molar-refractivity contribution in [1.29, 1.82) is 0 Å². The third-order valence-electron chi connectivity index (χ3n) is 3.72. The number of alkyl halides is 3. The summed E-state index contributed by atoms with van der Waals surface area (Å²) in [7, 11) is 0. The number of halogens is 3. The van der Waals surface area contributed by atoms with Gasteiger partial charge in [0.15, 0.2) is 0 Å². The average Bonchev–Trinajstić information content (AvgIpc) is 2.92. The smallest absolute Gasteiger partial charge is 0.390 e. The van der Waals surface area contributed by atoms with E-state index in [9.17, 15) is 27.9 Å². The molecule has 0 bridgehead atoms. The van der Waals surface area contributed by atoms with Gasteiger partial charge < -0.3 is 20.9 Å². The summed E-state index contributed by atoms with van der Waals surface area (Å²) >= 11 is 0. The Hall–Kier alpha value is -2.58. The summed E-state index contributed by atoms with van der Waals surface area (Å²) in [5.41, 5.74) is 4.98. The number of aliphatic hydroxyl groups is 1. The summed E-state index contributed by atoms with van der Waals surface area (Å²) in [4.78, 5) is 26.3. The SMILES string of the molecule is CCC1OC(n2cc(C#CCNC(=O)C(F)(F)F)c(N)nc2=O)CC1O. The third-order valence-corrected chi connectivity index (χ3v) is 3.72. The Kier molecular flexibility index (Phi) is 5.89. The van der Waals surface area contributed by atoms with Crippen molar-refractivity contribution in [1.82, 2.24) is 14.9 Å². The maximum absolute atomic E-state index is 12.1. The van der Waals surface area contributed by atoms with Gasteiger partial charge in [-0.05, 0) is 6.42 Å². The Balaban J connectivity index is 2.15. The van der Waals surface area contributed by atoms with E-state index in [1.165, 1.54) is 6.20 Å². The van der Waals surface area contributed by atoms with Gasteiger partial charge in [0.1, 0.15) is 12.0 Å². The van der Waals surface area contributed by atoms with Crippen LogP contribution in [-0.2, 0) is 9.53 Å². The van der Waals surface area contributed by atoms with Gasteiger partial charge in [0.25, 0.3) is 0 Å². The van der Waals surface area contributed by atoms with Crippen molar-refractivity contribution in [2.75, 3.05) is 12.3 Å².